The standard InChI is InChI=1S/C18H37O3P/c1-3-5-7-12-16-20-22(19,18-14-10-9-11-15-18)21-17-13-8-6-4-2/h18H,3-17H2,1-2H3. The molecule has 0 unspecified atom stereocenters. The van der Waals surface area contributed by atoms with Crippen molar-refractivity contribution < 1.29 is 13.6 Å². The van der Waals surface area contributed by atoms with Crippen LogP contribution in [-0.2, 0) is 13.6 Å². The summed E-state index contributed by atoms with van der Waals surface area (Å²) in [6.45, 7) is 5.60. The molecular formula is C18H37O3P. The third kappa shape index (κ3) is 8.13. The van der Waals surface area contributed by atoms with E-state index in [0.717, 1.165) is 38.5 Å². The first kappa shape index (κ1) is 20.2. The van der Waals surface area contributed by atoms with Gasteiger partial charge >= 0.3 is 7.60 Å². The van der Waals surface area contributed by atoms with Crippen molar-refractivity contribution in [2.24, 2.45) is 0 Å². The molecule has 0 amide bonds. The monoisotopic (exact) mass is 332 g/mol. The highest BCUT2D eigenvalue weighted by Gasteiger charge is 2.36. The van der Waals surface area contributed by atoms with Gasteiger partial charge in [-0.3, -0.25) is 4.57 Å². The Labute approximate surface area is 138 Å². The molecule has 0 aromatic carbocycles. The Hall–Kier alpha value is 0.150. The minimum Gasteiger partial charge on any atom is -0.308 e. The average Bonchev–Trinajstić information content (AvgIpc) is 2.55. The highest BCUT2D eigenvalue weighted by atomic mass is 31.2. The van der Waals surface area contributed by atoms with Gasteiger partial charge < -0.3 is 9.05 Å². The summed E-state index contributed by atoms with van der Waals surface area (Å²) < 4.78 is 24.9. The second kappa shape index (κ2) is 12.6. The molecule has 1 aliphatic carbocycles. The number of hydrogen-bond acceptors (Lipinski definition) is 3. The first-order valence-electron chi connectivity index (χ1n) is 9.61. The van der Waals surface area contributed by atoms with Gasteiger partial charge in [-0.05, 0) is 25.7 Å². The summed E-state index contributed by atoms with van der Waals surface area (Å²) >= 11 is 0. The summed E-state index contributed by atoms with van der Waals surface area (Å²) in [5.41, 5.74) is 0.151. The fourth-order valence-electron chi connectivity index (χ4n) is 3.09. The predicted octanol–water partition coefficient (Wildman–Crippen LogP) is 6.71. The van der Waals surface area contributed by atoms with Gasteiger partial charge in [-0.1, -0.05) is 71.6 Å². The first-order valence-corrected chi connectivity index (χ1v) is 11.2. The van der Waals surface area contributed by atoms with E-state index in [2.05, 4.69) is 13.8 Å². The third-order valence-electron chi connectivity index (χ3n) is 4.56. The van der Waals surface area contributed by atoms with E-state index in [1.54, 1.807) is 0 Å². The topological polar surface area (TPSA) is 35.5 Å². The van der Waals surface area contributed by atoms with Crippen molar-refractivity contribution >= 4 is 7.60 Å². The smallest absolute Gasteiger partial charge is 0.308 e. The molecule has 0 spiro atoms. The maximum atomic E-state index is 13.2. The number of unbranched alkanes of at least 4 members (excludes halogenated alkanes) is 6. The van der Waals surface area contributed by atoms with Crippen LogP contribution in [0.2, 0.25) is 0 Å². The fraction of sp³-hybridized carbons (Fsp3) is 1.00. The molecule has 0 aliphatic heterocycles. The Kier molecular flexibility index (Phi) is 11.5. The molecule has 0 aromatic rings. The maximum absolute atomic E-state index is 13.2. The maximum Gasteiger partial charge on any atom is 0.333 e. The highest BCUT2D eigenvalue weighted by molar-refractivity contribution is 7.54. The molecular weight excluding hydrogens is 295 g/mol. The fourth-order valence-corrected chi connectivity index (χ4v) is 5.35. The zero-order valence-electron chi connectivity index (χ0n) is 14.9. The summed E-state index contributed by atoms with van der Waals surface area (Å²) in [5.74, 6) is 0. The predicted molar refractivity (Wildman–Crippen MR) is 94.7 cm³/mol. The molecule has 1 rings (SSSR count). The summed E-state index contributed by atoms with van der Waals surface area (Å²) in [6.07, 6.45) is 14.9. The molecule has 1 aliphatic rings. The van der Waals surface area contributed by atoms with Crippen LogP contribution in [0.3, 0.4) is 0 Å². The van der Waals surface area contributed by atoms with Gasteiger partial charge in [0.1, 0.15) is 0 Å². The lowest BCUT2D eigenvalue weighted by Gasteiger charge is -2.29. The molecule has 0 bridgehead atoms. The van der Waals surface area contributed by atoms with Crippen LogP contribution in [0.25, 0.3) is 0 Å². The lowest BCUT2D eigenvalue weighted by atomic mass is 10.0. The third-order valence-corrected chi connectivity index (χ3v) is 7.06. The van der Waals surface area contributed by atoms with E-state index >= 15 is 0 Å². The van der Waals surface area contributed by atoms with Gasteiger partial charge in [-0.25, -0.2) is 0 Å². The zero-order valence-corrected chi connectivity index (χ0v) is 15.8. The molecule has 0 N–H and O–H groups in total. The molecule has 0 atom stereocenters. The lowest BCUT2D eigenvalue weighted by Crippen LogP contribution is -2.17. The van der Waals surface area contributed by atoms with Gasteiger partial charge in [-0.2, -0.15) is 0 Å². The van der Waals surface area contributed by atoms with Crippen LogP contribution < -0.4 is 0 Å². The molecule has 0 aromatic heterocycles. The van der Waals surface area contributed by atoms with Crippen molar-refractivity contribution in [3.8, 4) is 0 Å². The van der Waals surface area contributed by atoms with E-state index in [0.29, 0.717) is 13.2 Å². The Morgan fingerprint density at radius 1 is 0.773 bits per heavy atom. The van der Waals surface area contributed by atoms with Crippen LogP contribution in [0, 0.1) is 0 Å². The van der Waals surface area contributed by atoms with Gasteiger partial charge in [0.25, 0.3) is 0 Å². The van der Waals surface area contributed by atoms with Crippen LogP contribution in [0.4, 0.5) is 0 Å². The number of rotatable bonds is 13. The van der Waals surface area contributed by atoms with Gasteiger partial charge in [0, 0.05) is 0 Å². The zero-order chi connectivity index (χ0) is 16.1. The molecule has 4 heteroatoms. The number of hydrogen-bond donors (Lipinski definition) is 0. The summed E-state index contributed by atoms with van der Waals surface area (Å²) in [6, 6.07) is 0. The van der Waals surface area contributed by atoms with E-state index in [-0.39, 0.29) is 5.66 Å². The summed E-state index contributed by atoms with van der Waals surface area (Å²) in [5, 5.41) is 0. The van der Waals surface area contributed by atoms with Gasteiger partial charge in [0.05, 0.1) is 18.9 Å². The molecule has 0 radical (unpaired) electrons. The van der Waals surface area contributed by atoms with Crippen molar-refractivity contribution in [2.75, 3.05) is 13.2 Å². The van der Waals surface area contributed by atoms with Crippen molar-refractivity contribution in [1.29, 1.82) is 0 Å². The Morgan fingerprint density at radius 2 is 1.27 bits per heavy atom. The Balaban J connectivity index is 2.39. The van der Waals surface area contributed by atoms with E-state index in [9.17, 15) is 4.57 Å². The quantitative estimate of drug-likeness (QED) is 0.278. The van der Waals surface area contributed by atoms with E-state index < -0.39 is 7.60 Å². The Morgan fingerprint density at radius 3 is 1.73 bits per heavy atom. The first-order chi connectivity index (χ1) is 10.7. The highest BCUT2D eigenvalue weighted by Crippen LogP contribution is 2.57. The second-order valence-corrected chi connectivity index (χ2v) is 8.95. The van der Waals surface area contributed by atoms with E-state index in [4.69, 9.17) is 9.05 Å². The van der Waals surface area contributed by atoms with Gasteiger partial charge in [0.15, 0.2) is 0 Å². The van der Waals surface area contributed by atoms with Crippen molar-refractivity contribution in [2.45, 2.75) is 103 Å². The van der Waals surface area contributed by atoms with Crippen molar-refractivity contribution in [1.82, 2.24) is 0 Å². The molecule has 22 heavy (non-hydrogen) atoms. The van der Waals surface area contributed by atoms with Gasteiger partial charge in [-0.15, -0.1) is 0 Å². The lowest BCUT2D eigenvalue weighted by molar-refractivity contribution is 0.185. The van der Waals surface area contributed by atoms with Gasteiger partial charge in [0.2, 0.25) is 0 Å². The summed E-state index contributed by atoms with van der Waals surface area (Å²) in [7, 11) is -2.89. The van der Waals surface area contributed by atoms with Crippen molar-refractivity contribution in [3.05, 3.63) is 0 Å². The molecule has 0 heterocycles. The molecule has 0 saturated heterocycles. The van der Waals surface area contributed by atoms with Crippen molar-refractivity contribution in [3.63, 3.8) is 0 Å². The second-order valence-electron chi connectivity index (χ2n) is 6.62. The summed E-state index contributed by atoms with van der Waals surface area (Å²) in [4.78, 5) is 0. The van der Waals surface area contributed by atoms with Crippen LogP contribution in [0.15, 0.2) is 0 Å². The van der Waals surface area contributed by atoms with Crippen LogP contribution >= 0.6 is 7.60 Å². The Bertz CT molecular complexity index is 283. The largest absolute Gasteiger partial charge is 0.333 e. The molecule has 1 fully saturated rings. The average molecular weight is 332 g/mol. The molecule has 132 valence electrons. The molecule has 1 saturated carbocycles. The van der Waals surface area contributed by atoms with Crippen LogP contribution in [-0.4, -0.2) is 18.9 Å². The molecule has 3 nitrogen and oxygen atoms in total. The normalized spacial score (nSPS) is 17.0. The SMILES string of the molecule is CCCCCCOP(=O)(OCCCCCC)C1CCCCC1. The van der Waals surface area contributed by atoms with Crippen LogP contribution in [0.5, 0.6) is 0 Å². The van der Waals surface area contributed by atoms with Crippen LogP contribution in [0.1, 0.15) is 97.3 Å². The minimum absolute atomic E-state index is 0.151. The minimum atomic E-state index is -2.89. The van der Waals surface area contributed by atoms with E-state index in [1.165, 1.54) is 44.9 Å². The van der Waals surface area contributed by atoms with E-state index in [1.807, 2.05) is 0 Å².